The molecule has 0 amide bonds. The minimum absolute atomic E-state index is 1.33. The lowest BCUT2D eigenvalue weighted by Gasteiger charge is -2.32. The Morgan fingerprint density at radius 2 is 1.40 bits per heavy atom. The minimum Gasteiger partial charge on any atom is -0.244 e. The fourth-order valence-corrected chi connectivity index (χ4v) is 0.706. The summed E-state index contributed by atoms with van der Waals surface area (Å²) >= 11 is 0. The first kappa shape index (κ1) is 14.4. The minimum atomic E-state index is -6.09. The zero-order chi connectivity index (χ0) is 12.5. The van der Waals surface area contributed by atoms with Crippen molar-refractivity contribution in [1.82, 2.24) is 0 Å². The van der Waals surface area contributed by atoms with Gasteiger partial charge in [-0.05, 0) is 6.42 Å². The van der Waals surface area contributed by atoms with E-state index in [1.54, 1.807) is 0 Å². The Hall–Kier alpha value is -0.560. The Morgan fingerprint density at radius 1 is 1.00 bits per heavy atom. The van der Waals surface area contributed by atoms with Gasteiger partial charge in [-0.2, -0.15) is 26.3 Å². The molecule has 0 aliphatic heterocycles. The molecule has 0 nitrogen and oxygen atoms in total. The van der Waals surface area contributed by atoms with Gasteiger partial charge in [0.05, 0.1) is 0 Å². The van der Waals surface area contributed by atoms with Gasteiger partial charge in [-0.1, -0.05) is 6.92 Å². The van der Waals surface area contributed by atoms with Crippen molar-refractivity contribution < 1.29 is 35.1 Å². The summed E-state index contributed by atoms with van der Waals surface area (Å²) in [4.78, 5) is 0. The van der Waals surface area contributed by atoms with Gasteiger partial charge < -0.3 is 0 Å². The fourth-order valence-electron chi connectivity index (χ4n) is 0.706. The lowest BCUT2D eigenvalue weighted by Crippen LogP contribution is -2.59. The summed E-state index contributed by atoms with van der Waals surface area (Å²) in [6, 6.07) is 0. The molecule has 91 valence electrons. The molecule has 0 spiro atoms. The molecule has 0 aromatic carbocycles. The predicted octanol–water partition coefficient (Wildman–Crippen LogP) is 3.42. The van der Waals surface area contributed by atoms with Gasteiger partial charge in [-0.15, -0.1) is 0 Å². The van der Waals surface area contributed by atoms with Gasteiger partial charge in [-0.25, -0.2) is 8.78 Å². The van der Waals surface area contributed by atoms with E-state index >= 15 is 0 Å². The Labute approximate surface area is 80.3 Å². The van der Waals surface area contributed by atoms with E-state index in [1.165, 1.54) is 0 Å². The first-order valence-corrected chi connectivity index (χ1v) is 3.67. The van der Waals surface area contributed by atoms with Crippen LogP contribution in [0.15, 0.2) is 0 Å². The van der Waals surface area contributed by atoms with Gasteiger partial charge >= 0.3 is 17.8 Å². The van der Waals surface area contributed by atoms with Crippen molar-refractivity contribution in [2.75, 3.05) is 6.67 Å². The molecule has 0 aromatic rings. The fraction of sp³-hybridized carbons (Fsp3) is 0.857. The average Bonchev–Trinajstić information content (AvgIpc) is 2.15. The highest BCUT2D eigenvalue weighted by atomic mass is 19.4. The zero-order valence-electron chi connectivity index (χ0n) is 7.22. The third kappa shape index (κ3) is 2.17. The van der Waals surface area contributed by atoms with Crippen LogP contribution in [-0.2, 0) is 0 Å². The Morgan fingerprint density at radius 3 is 1.67 bits per heavy atom. The normalized spacial score (nSPS) is 16.6. The van der Waals surface area contributed by atoms with Gasteiger partial charge in [0, 0.05) is 0 Å². The van der Waals surface area contributed by atoms with E-state index in [1.807, 2.05) is 0 Å². The van der Waals surface area contributed by atoms with Crippen molar-refractivity contribution in [3.05, 3.63) is 6.92 Å². The van der Waals surface area contributed by atoms with E-state index < -0.39 is 37.0 Å². The third-order valence-electron chi connectivity index (χ3n) is 1.69. The van der Waals surface area contributed by atoms with Crippen LogP contribution in [-0.4, -0.2) is 30.6 Å². The molecule has 1 atom stereocenters. The van der Waals surface area contributed by atoms with Crippen LogP contribution in [0.5, 0.6) is 0 Å². The largest absolute Gasteiger partial charge is 0.377 e. The number of rotatable bonds is 5. The van der Waals surface area contributed by atoms with E-state index in [2.05, 4.69) is 6.92 Å². The average molecular weight is 243 g/mol. The van der Waals surface area contributed by atoms with Crippen LogP contribution in [0.3, 0.4) is 0 Å². The first-order valence-electron chi connectivity index (χ1n) is 3.67. The molecule has 0 saturated heterocycles. The van der Waals surface area contributed by atoms with Gasteiger partial charge in [0.2, 0.25) is 0 Å². The van der Waals surface area contributed by atoms with E-state index in [-0.39, 0.29) is 0 Å². The van der Waals surface area contributed by atoms with E-state index in [9.17, 15) is 35.1 Å². The summed E-state index contributed by atoms with van der Waals surface area (Å²) < 4.78 is 97.8. The summed E-state index contributed by atoms with van der Waals surface area (Å²) in [5.41, 5.74) is 0. The number of hydrogen-bond donors (Lipinski definition) is 0. The maximum absolute atomic E-state index is 12.5. The summed E-state index contributed by atoms with van der Waals surface area (Å²) in [5, 5.41) is 0. The molecule has 0 aliphatic carbocycles. The molecule has 15 heavy (non-hydrogen) atoms. The molecule has 0 aliphatic rings. The molecule has 1 radical (unpaired) electrons. The summed E-state index contributed by atoms with van der Waals surface area (Å²) in [6.07, 6.45) is -4.89. The highest BCUT2D eigenvalue weighted by Gasteiger charge is 2.74. The summed E-state index contributed by atoms with van der Waals surface area (Å²) in [6.45, 7) is -0.454. The highest BCUT2D eigenvalue weighted by molar-refractivity contribution is 5.00. The number of hydrogen-bond acceptors (Lipinski definition) is 0. The maximum Gasteiger partial charge on any atom is 0.377 e. The first-order chi connectivity index (χ1) is 6.54. The quantitative estimate of drug-likeness (QED) is 0.649. The Bertz CT molecular complexity index is 211. The molecule has 0 aromatic heterocycles. The lowest BCUT2D eigenvalue weighted by molar-refractivity contribution is -0.326. The molecule has 8 heteroatoms. The molecular weight excluding hydrogens is 236 g/mol. The van der Waals surface area contributed by atoms with Gasteiger partial charge in [0.15, 0.2) is 12.8 Å². The predicted molar refractivity (Wildman–Crippen MR) is 35.7 cm³/mol. The topological polar surface area (TPSA) is 0 Å². The van der Waals surface area contributed by atoms with Crippen molar-refractivity contribution in [3.63, 3.8) is 0 Å². The van der Waals surface area contributed by atoms with Crippen molar-refractivity contribution in [3.8, 4) is 0 Å². The van der Waals surface area contributed by atoms with Crippen LogP contribution in [0, 0.1) is 6.92 Å². The smallest absolute Gasteiger partial charge is 0.244 e. The Balaban J connectivity index is 5.17. The highest BCUT2D eigenvalue weighted by Crippen LogP contribution is 2.48. The van der Waals surface area contributed by atoms with Crippen molar-refractivity contribution in [2.24, 2.45) is 0 Å². The van der Waals surface area contributed by atoms with Crippen LogP contribution >= 0.6 is 0 Å². The van der Waals surface area contributed by atoms with Gasteiger partial charge in [0.25, 0.3) is 0 Å². The molecule has 0 heterocycles. The molecular formula is C7H7F8. The van der Waals surface area contributed by atoms with Crippen LogP contribution in [0.2, 0.25) is 0 Å². The number of halogens is 8. The number of alkyl halides is 8. The molecule has 0 fully saturated rings. The third-order valence-corrected chi connectivity index (χ3v) is 1.69. The standard InChI is InChI=1S/C7H7F8/c1-2-4(9)6(12,13)7(14,15)5(10,11)3-8/h4H,1-3H2/t4-/m0/s1. The molecule has 0 rings (SSSR count). The second-order valence-electron chi connectivity index (χ2n) is 2.79. The second kappa shape index (κ2) is 4.13. The maximum atomic E-state index is 12.5. The molecule has 0 bridgehead atoms. The summed E-state index contributed by atoms with van der Waals surface area (Å²) in [5.74, 6) is -17.4. The van der Waals surface area contributed by atoms with Crippen molar-refractivity contribution >= 4 is 0 Å². The van der Waals surface area contributed by atoms with Crippen molar-refractivity contribution in [2.45, 2.75) is 30.4 Å². The second-order valence-corrected chi connectivity index (χ2v) is 2.79. The van der Waals surface area contributed by atoms with E-state index in [0.29, 0.717) is 0 Å². The van der Waals surface area contributed by atoms with E-state index in [0.717, 1.165) is 0 Å². The van der Waals surface area contributed by atoms with Gasteiger partial charge in [-0.3, -0.25) is 0 Å². The van der Waals surface area contributed by atoms with E-state index in [4.69, 9.17) is 0 Å². The van der Waals surface area contributed by atoms with Crippen LogP contribution < -0.4 is 0 Å². The zero-order valence-corrected chi connectivity index (χ0v) is 7.22. The van der Waals surface area contributed by atoms with Crippen LogP contribution in [0.25, 0.3) is 0 Å². The molecule has 0 saturated carbocycles. The van der Waals surface area contributed by atoms with Crippen LogP contribution in [0.1, 0.15) is 6.42 Å². The lowest BCUT2D eigenvalue weighted by atomic mass is 10.00. The molecule has 0 unspecified atom stereocenters. The van der Waals surface area contributed by atoms with Crippen molar-refractivity contribution in [1.29, 1.82) is 0 Å². The monoisotopic (exact) mass is 243 g/mol. The Kier molecular flexibility index (Phi) is 3.98. The molecule has 0 N–H and O–H groups in total. The van der Waals surface area contributed by atoms with Gasteiger partial charge in [0.1, 0.15) is 0 Å². The summed E-state index contributed by atoms with van der Waals surface area (Å²) in [7, 11) is 0. The van der Waals surface area contributed by atoms with Crippen LogP contribution in [0.4, 0.5) is 35.1 Å². The SMILES string of the molecule is [CH2]C[C@H](F)C(F)(F)C(F)(F)C(F)(F)CF.